The number of aryl methyl sites for hydroxylation is 2. The second-order valence-electron chi connectivity index (χ2n) is 9.42. The number of carbonyl (C=O) groups is 1. The standard InChI is InChI=1S/C30H33NO3/c1-6-29(32)34-18-8-7-17-33-24-13-11-23(12-14-24)31-27-15-9-21(2)19-25(27)30(4,5)26-20-22(3)10-16-28(26)31/h6,9-16,19-20H,1,7-8,17-18H2,2-5H3. The summed E-state index contributed by atoms with van der Waals surface area (Å²) in [5.41, 5.74) is 8.67. The average Bonchev–Trinajstić information content (AvgIpc) is 2.83. The number of ether oxygens (including phenoxy) is 2. The summed E-state index contributed by atoms with van der Waals surface area (Å²) in [7, 11) is 0. The van der Waals surface area contributed by atoms with Gasteiger partial charge in [0.25, 0.3) is 0 Å². The minimum atomic E-state index is -0.383. The SMILES string of the molecule is C=CC(=O)OCCCCOc1ccc(N2c3ccc(C)cc3C(C)(C)c3cc(C)ccc32)cc1. The fraction of sp³-hybridized carbons (Fsp3) is 0.300. The Kier molecular flexibility index (Phi) is 6.78. The van der Waals surface area contributed by atoms with E-state index >= 15 is 0 Å². The number of fused-ring (bicyclic) bond motifs is 2. The van der Waals surface area contributed by atoms with Gasteiger partial charge in [-0.25, -0.2) is 4.79 Å². The van der Waals surface area contributed by atoms with Crippen LogP contribution in [0.2, 0.25) is 0 Å². The van der Waals surface area contributed by atoms with Crippen LogP contribution in [0.3, 0.4) is 0 Å². The zero-order valence-electron chi connectivity index (χ0n) is 20.6. The number of carbonyl (C=O) groups excluding carboxylic acids is 1. The van der Waals surface area contributed by atoms with Crippen molar-refractivity contribution < 1.29 is 14.3 Å². The van der Waals surface area contributed by atoms with Gasteiger partial charge in [0.05, 0.1) is 24.6 Å². The summed E-state index contributed by atoms with van der Waals surface area (Å²) in [5.74, 6) is 0.448. The lowest BCUT2D eigenvalue weighted by Gasteiger charge is -2.42. The van der Waals surface area contributed by atoms with Crippen LogP contribution in [0.4, 0.5) is 17.1 Å². The number of anilines is 3. The van der Waals surface area contributed by atoms with Crippen molar-refractivity contribution in [3.63, 3.8) is 0 Å². The number of esters is 1. The largest absolute Gasteiger partial charge is 0.494 e. The molecule has 0 saturated heterocycles. The van der Waals surface area contributed by atoms with Crippen LogP contribution in [0.25, 0.3) is 0 Å². The summed E-state index contributed by atoms with van der Waals surface area (Å²) >= 11 is 0. The van der Waals surface area contributed by atoms with Crippen LogP contribution in [0, 0.1) is 13.8 Å². The van der Waals surface area contributed by atoms with Crippen LogP contribution < -0.4 is 9.64 Å². The molecule has 0 fully saturated rings. The first-order valence-corrected chi connectivity index (χ1v) is 11.9. The highest BCUT2D eigenvalue weighted by atomic mass is 16.5. The van der Waals surface area contributed by atoms with Crippen molar-refractivity contribution in [3.8, 4) is 5.75 Å². The lowest BCUT2D eigenvalue weighted by molar-refractivity contribution is -0.137. The van der Waals surface area contributed by atoms with Gasteiger partial charge in [0.1, 0.15) is 5.75 Å². The molecule has 1 heterocycles. The lowest BCUT2D eigenvalue weighted by Crippen LogP contribution is -2.30. The van der Waals surface area contributed by atoms with Crippen LogP contribution in [0.15, 0.2) is 73.3 Å². The average molecular weight is 456 g/mol. The molecule has 4 heteroatoms. The Hall–Kier alpha value is -3.53. The highest BCUT2D eigenvalue weighted by Crippen LogP contribution is 2.52. The minimum Gasteiger partial charge on any atom is -0.494 e. The Morgan fingerprint density at radius 1 is 0.882 bits per heavy atom. The van der Waals surface area contributed by atoms with Gasteiger partial charge in [-0.15, -0.1) is 0 Å². The minimum absolute atomic E-state index is 0.0811. The quantitative estimate of drug-likeness (QED) is 0.203. The van der Waals surface area contributed by atoms with Gasteiger partial charge >= 0.3 is 5.97 Å². The molecule has 0 amide bonds. The monoisotopic (exact) mass is 455 g/mol. The first kappa shape index (κ1) is 23.6. The first-order chi connectivity index (χ1) is 16.3. The third kappa shape index (κ3) is 4.72. The van der Waals surface area contributed by atoms with Crippen molar-refractivity contribution >= 4 is 23.0 Å². The number of nitrogens with zero attached hydrogens (tertiary/aromatic N) is 1. The molecule has 0 atom stereocenters. The molecule has 0 N–H and O–H groups in total. The van der Waals surface area contributed by atoms with Crippen molar-refractivity contribution in [1.29, 1.82) is 0 Å². The van der Waals surface area contributed by atoms with Gasteiger partial charge < -0.3 is 14.4 Å². The van der Waals surface area contributed by atoms with Crippen molar-refractivity contribution in [2.45, 2.75) is 46.0 Å². The van der Waals surface area contributed by atoms with Gasteiger partial charge in [0.15, 0.2) is 0 Å². The lowest BCUT2D eigenvalue weighted by atomic mass is 9.72. The Morgan fingerprint density at radius 2 is 1.44 bits per heavy atom. The normalized spacial score (nSPS) is 13.6. The molecule has 1 aliphatic heterocycles. The summed E-state index contributed by atoms with van der Waals surface area (Å²) in [6, 6.07) is 21.8. The number of hydrogen-bond donors (Lipinski definition) is 0. The highest BCUT2D eigenvalue weighted by Gasteiger charge is 2.36. The molecular weight excluding hydrogens is 422 g/mol. The van der Waals surface area contributed by atoms with E-state index in [-0.39, 0.29) is 11.4 Å². The Balaban J connectivity index is 1.54. The predicted molar refractivity (Wildman–Crippen MR) is 139 cm³/mol. The molecule has 0 spiro atoms. The van der Waals surface area contributed by atoms with E-state index in [1.807, 2.05) is 12.1 Å². The van der Waals surface area contributed by atoms with Crippen molar-refractivity contribution in [3.05, 3.63) is 95.6 Å². The fourth-order valence-corrected chi connectivity index (χ4v) is 4.56. The predicted octanol–water partition coefficient (Wildman–Crippen LogP) is 7.30. The summed E-state index contributed by atoms with van der Waals surface area (Å²) in [6.45, 7) is 13.3. The summed E-state index contributed by atoms with van der Waals surface area (Å²) < 4.78 is 10.9. The van der Waals surface area contributed by atoms with E-state index in [4.69, 9.17) is 9.47 Å². The van der Waals surface area contributed by atoms with Gasteiger partial charge in [-0.2, -0.15) is 0 Å². The molecular formula is C30H33NO3. The molecule has 4 nitrogen and oxygen atoms in total. The van der Waals surface area contributed by atoms with Gasteiger partial charge in [-0.3, -0.25) is 0 Å². The first-order valence-electron chi connectivity index (χ1n) is 11.9. The van der Waals surface area contributed by atoms with E-state index in [9.17, 15) is 4.79 Å². The van der Waals surface area contributed by atoms with Crippen molar-refractivity contribution in [2.24, 2.45) is 0 Å². The number of benzene rings is 3. The van der Waals surface area contributed by atoms with E-state index in [0.29, 0.717) is 13.2 Å². The molecule has 3 aromatic rings. The molecule has 34 heavy (non-hydrogen) atoms. The van der Waals surface area contributed by atoms with E-state index in [1.165, 1.54) is 39.7 Å². The molecule has 3 aromatic carbocycles. The molecule has 0 unspecified atom stereocenters. The molecule has 0 saturated carbocycles. The molecule has 4 rings (SSSR count). The van der Waals surface area contributed by atoms with Gasteiger partial charge in [0.2, 0.25) is 0 Å². The fourth-order valence-electron chi connectivity index (χ4n) is 4.56. The van der Waals surface area contributed by atoms with E-state index in [1.54, 1.807) is 0 Å². The van der Waals surface area contributed by atoms with Crippen LogP contribution in [0.1, 0.15) is 48.9 Å². The maximum atomic E-state index is 11.1. The van der Waals surface area contributed by atoms with Gasteiger partial charge in [-0.05, 0) is 74.2 Å². The van der Waals surface area contributed by atoms with Crippen molar-refractivity contribution in [2.75, 3.05) is 18.1 Å². The third-order valence-corrected chi connectivity index (χ3v) is 6.45. The van der Waals surface area contributed by atoms with E-state index in [0.717, 1.165) is 24.3 Å². The van der Waals surface area contributed by atoms with Gasteiger partial charge in [-0.1, -0.05) is 55.8 Å². The molecule has 0 aromatic heterocycles. The molecule has 176 valence electrons. The topological polar surface area (TPSA) is 38.8 Å². The second kappa shape index (κ2) is 9.76. The maximum Gasteiger partial charge on any atom is 0.330 e. The van der Waals surface area contributed by atoms with Crippen LogP contribution in [0.5, 0.6) is 5.75 Å². The maximum absolute atomic E-state index is 11.1. The van der Waals surface area contributed by atoms with Crippen LogP contribution in [-0.4, -0.2) is 19.2 Å². The Labute approximate surface area is 202 Å². The highest BCUT2D eigenvalue weighted by molar-refractivity contribution is 5.86. The van der Waals surface area contributed by atoms with Crippen LogP contribution >= 0.6 is 0 Å². The molecule has 1 aliphatic rings. The zero-order valence-corrected chi connectivity index (χ0v) is 20.6. The number of rotatable bonds is 8. The summed E-state index contributed by atoms with van der Waals surface area (Å²) in [4.78, 5) is 13.4. The summed E-state index contributed by atoms with van der Waals surface area (Å²) in [6.07, 6.45) is 2.75. The molecule has 0 aliphatic carbocycles. The van der Waals surface area contributed by atoms with E-state index in [2.05, 4.69) is 87.7 Å². The molecule has 0 bridgehead atoms. The second-order valence-corrected chi connectivity index (χ2v) is 9.42. The zero-order chi connectivity index (χ0) is 24.3. The Bertz CT molecular complexity index is 1140. The third-order valence-electron chi connectivity index (χ3n) is 6.45. The summed E-state index contributed by atoms with van der Waals surface area (Å²) in [5, 5.41) is 0. The molecule has 0 radical (unpaired) electrons. The van der Waals surface area contributed by atoms with Crippen LogP contribution in [-0.2, 0) is 14.9 Å². The Morgan fingerprint density at radius 3 is 2.00 bits per heavy atom. The van der Waals surface area contributed by atoms with E-state index < -0.39 is 0 Å². The van der Waals surface area contributed by atoms with Gasteiger partial charge in [0, 0.05) is 17.2 Å². The number of hydrogen-bond acceptors (Lipinski definition) is 4. The smallest absolute Gasteiger partial charge is 0.330 e. The number of unbranched alkanes of at least 4 members (excludes halogenated alkanes) is 1. The van der Waals surface area contributed by atoms with Crippen molar-refractivity contribution in [1.82, 2.24) is 0 Å².